The fraction of sp³-hybridized carbons (Fsp3) is 0.278. The molecule has 0 aliphatic heterocycles. The third-order valence-corrected chi connectivity index (χ3v) is 10.1. The number of halogens is 5. The van der Waals surface area contributed by atoms with Crippen LogP contribution in [0.2, 0.25) is 10.0 Å². The van der Waals surface area contributed by atoms with E-state index in [0.717, 1.165) is 45.1 Å². The first-order valence-electron chi connectivity index (χ1n) is 15.1. The molecule has 0 aliphatic carbocycles. The first-order valence-corrected chi connectivity index (χ1v) is 17.9. The average Bonchev–Trinajstić information content (AvgIpc) is 3.04. The quantitative estimate of drug-likeness (QED) is 0.0813. The third-order valence-electron chi connectivity index (χ3n) is 7.32. The van der Waals surface area contributed by atoms with E-state index < -0.39 is 36.9 Å². The Morgan fingerprint density at radius 1 is 0.694 bits per heavy atom. The number of ether oxygens (including phenoxy) is 2. The van der Waals surface area contributed by atoms with Crippen molar-refractivity contribution in [1.29, 1.82) is 0 Å². The zero-order valence-corrected chi connectivity index (χ0v) is 29.5. The summed E-state index contributed by atoms with van der Waals surface area (Å²) < 4.78 is 52.7. The molecule has 6 nitrogen and oxygen atoms in total. The summed E-state index contributed by atoms with van der Waals surface area (Å²) in [5.74, 6) is -0.260. The van der Waals surface area contributed by atoms with Crippen LogP contribution in [-0.2, 0) is 28.6 Å². The number of carbonyl (C=O) groups is 2. The second-order valence-electron chi connectivity index (χ2n) is 11.0. The molecule has 0 aromatic heterocycles. The van der Waals surface area contributed by atoms with Crippen LogP contribution in [0.3, 0.4) is 0 Å². The van der Waals surface area contributed by atoms with Crippen molar-refractivity contribution in [3.05, 3.63) is 105 Å². The molecule has 4 rings (SSSR count). The van der Waals surface area contributed by atoms with Gasteiger partial charge in [0.2, 0.25) is 0 Å². The zero-order valence-electron chi connectivity index (χ0n) is 26.3. The molecule has 4 aromatic rings. The molecule has 0 radical (unpaired) electrons. The van der Waals surface area contributed by atoms with Gasteiger partial charge in [-0.2, -0.15) is 13.2 Å². The van der Waals surface area contributed by atoms with Crippen molar-refractivity contribution in [2.75, 3.05) is 24.7 Å². The van der Waals surface area contributed by atoms with Gasteiger partial charge in [0, 0.05) is 9.79 Å². The third kappa shape index (κ3) is 11.8. The summed E-state index contributed by atoms with van der Waals surface area (Å²) in [5.41, 5.74) is 2.94. The Morgan fingerprint density at radius 2 is 1.16 bits per heavy atom. The highest BCUT2D eigenvalue weighted by atomic mass is 35.5. The number of hydrogen-bond acceptors (Lipinski definition) is 6. The van der Waals surface area contributed by atoms with E-state index in [-0.39, 0.29) is 22.8 Å². The van der Waals surface area contributed by atoms with E-state index in [1.165, 1.54) is 17.8 Å². The molecule has 0 bridgehead atoms. The van der Waals surface area contributed by atoms with Crippen LogP contribution in [-0.4, -0.2) is 46.9 Å². The lowest BCUT2D eigenvalue weighted by Gasteiger charge is -2.16. The van der Waals surface area contributed by atoms with Gasteiger partial charge < -0.3 is 19.7 Å². The van der Waals surface area contributed by atoms with Crippen molar-refractivity contribution in [2.24, 2.45) is 0 Å². The number of benzene rings is 4. The maximum absolute atomic E-state index is 14.2. The first kappa shape index (κ1) is 38.3. The Hall–Kier alpha value is -3.51. The number of aliphatic carboxylic acids is 2. The van der Waals surface area contributed by atoms with Gasteiger partial charge in [0.15, 0.2) is 13.2 Å². The van der Waals surface area contributed by atoms with E-state index in [9.17, 15) is 22.8 Å². The van der Waals surface area contributed by atoms with Gasteiger partial charge in [-0.1, -0.05) is 53.5 Å². The van der Waals surface area contributed by atoms with E-state index in [2.05, 4.69) is 0 Å². The van der Waals surface area contributed by atoms with E-state index in [4.69, 9.17) is 42.9 Å². The van der Waals surface area contributed by atoms with Gasteiger partial charge in [-0.15, -0.1) is 23.5 Å². The summed E-state index contributed by atoms with van der Waals surface area (Å²) in [6, 6.07) is 20.4. The molecule has 0 atom stereocenters. The van der Waals surface area contributed by atoms with Crippen LogP contribution in [0.25, 0.3) is 11.1 Å². The number of rotatable bonds is 17. The second-order valence-corrected chi connectivity index (χ2v) is 14.1. The molecular formula is C36H33Cl2F3O6S2. The summed E-state index contributed by atoms with van der Waals surface area (Å²) in [4.78, 5) is 23.1. The van der Waals surface area contributed by atoms with Gasteiger partial charge in [0.05, 0.1) is 15.6 Å². The molecule has 0 aliphatic rings. The summed E-state index contributed by atoms with van der Waals surface area (Å²) in [7, 11) is 0. The standard InChI is InChI=1S/C36H33Cl2F3O6S2/c1-22-16-25(8-6-23(22)4-2-14-48-27-10-12-32(30(37)18-27)46-20-34(42)43)26-9-7-24(29(17-26)36(39,40)41)5-3-15-49-28-11-13-33(31(38)19-28)47-21-35(44)45/h6-13,16-19H,2-5,14-15,20-21H2,1H3,(H,42,43)(H,44,45). The van der Waals surface area contributed by atoms with Gasteiger partial charge in [-0.3, -0.25) is 0 Å². The molecule has 260 valence electrons. The van der Waals surface area contributed by atoms with Crippen LogP contribution in [0.5, 0.6) is 11.5 Å². The van der Waals surface area contributed by atoms with Gasteiger partial charge >= 0.3 is 18.1 Å². The zero-order chi connectivity index (χ0) is 35.6. The van der Waals surface area contributed by atoms with Crippen molar-refractivity contribution >= 4 is 58.7 Å². The summed E-state index contributed by atoms with van der Waals surface area (Å²) in [5, 5.41) is 18.1. The lowest BCUT2D eigenvalue weighted by molar-refractivity contribution is -0.140. The van der Waals surface area contributed by atoms with Crippen molar-refractivity contribution in [2.45, 2.75) is 48.6 Å². The Bertz CT molecular complexity index is 1780. The minimum atomic E-state index is -4.50. The molecule has 0 saturated heterocycles. The number of aryl methyl sites for hydroxylation is 3. The highest BCUT2D eigenvalue weighted by Gasteiger charge is 2.33. The maximum Gasteiger partial charge on any atom is 0.416 e. The van der Waals surface area contributed by atoms with Crippen LogP contribution in [0, 0.1) is 6.92 Å². The highest BCUT2D eigenvalue weighted by molar-refractivity contribution is 7.99. The second kappa shape index (κ2) is 17.9. The van der Waals surface area contributed by atoms with Gasteiger partial charge in [0.25, 0.3) is 0 Å². The normalized spacial score (nSPS) is 11.4. The van der Waals surface area contributed by atoms with Gasteiger partial charge in [-0.25, -0.2) is 9.59 Å². The van der Waals surface area contributed by atoms with Crippen LogP contribution < -0.4 is 9.47 Å². The number of alkyl halides is 3. The molecule has 4 aromatic carbocycles. The van der Waals surface area contributed by atoms with Crippen molar-refractivity contribution < 1.29 is 42.4 Å². The highest BCUT2D eigenvalue weighted by Crippen LogP contribution is 2.37. The molecule has 0 saturated carbocycles. The van der Waals surface area contributed by atoms with E-state index >= 15 is 0 Å². The summed E-state index contributed by atoms with van der Waals surface area (Å²) in [6.07, 6.45) is -2.08. The maximum atomic E-state index is 14.2. The van der Waals surface area contributed by atoms with E-state index in [0.29, 0.717) is 28.5 Å². The minimum absolute atomic E-state index is 0.238. The molecular weight excluding hydrogens is 720 g/mol. The van der Waals surface area contributed by atoms with E-state index in [1.807, 2.05) is 31.2 Å². The van der Waals surface area contributed by atoms with Crippen LogP contribution in [0.15, 0.2) is 82.6 Å². The fourth-order valence-electron chi connectivity index (χ4n) is 4.95. The number of hydrogen-bond donors (Lipinski definition) is 2. The molecule has 13 heteroatoms. The number of carboxylic acids is 2. The molecule has 0 amide bonds. The fourth-order valence-corrected chi connectivity index (χ4v) is 7.33. The van der Waals surface area contributed by atoms with Crippen LogP contribution in [0.4, 0.5) is 13.2 Å². The predicted octanol–water partition coefficient (Wildman–Crippen LogP) is 10.4. The molecule has 0 spiro atoms. The van der Waals surface area contributed by atoms with Crippen LogP contribution >= 0.6 is 46.7 Å². The lowest BCUT2D eigenvalue weighted by atomic mass is 9.94. The largest absolute Gasteiger partial charge is 0.480 e. The Balaban J connectivity index is 1.31. The summed E-state index contributed by atoms with van der Waals surface area (Å²) >= 11 is 15.4. The first-order chi connectivity index (χ1) is 23.3. The van der Waals surface area contributed by atoms with Crippen LogP contribution in [0.1, 0.15) is 35.1 Å². The number of carboxylic acid groups (broad SMARTS) is 2. The van der Waals surface area contributed by atoms with Crippen molar-refractivity contribution in [3.8, 4) is 22.6 Å². The summed E-state index contributed by atoms with van der Waals surface area (Å²) in [6.45, 7) is 0.983. The topological polar surface area (TPSA) is 93.1 Å². The molecule has 49 heavy (non-hydrogen) atoms. The predicted molar refractivity (Wildman–Crippen MR) is 189 cm³/mol. The Labute approximate surface area is 300 Å². The molecule has 0 unspecified atom stereocenters. The smallest absolute Gasteiger partial charge is 0.416 e. The average molecular weight is 754 g/mol. The Kier molecular flexibility index (Phi) is 14.0. The monoisotopic (exact) mass is 752 g/mol. The number of thioether (sulfide) groups is 2. The van der Waals surface area contributed by atoms with Crippen molar-refractivity contribution in [3.63, 3.8) is 0 Å². The molecule has 0 fully saturated rings. The van der Waals surface area contributed by atoms with E-state index in [1.54, 1.807) is 54.2 Å². The lowest BCUT2D eigenvalue weighted by Crippen LogP contribution is -2.10. The van der Waals surface area contributed by atoms with Gasteiger partial charge in [0.1, 0.15) is 11.5 Å². The molecule has 2 N–H and O–H groups in total. The minimum Gasteiger partial charge on any atom is -0.480 e. The van der Waals surface area contributed by atoms with Crippen molar-refractivity contribution in [1.82, 2.24) is 0 Å². The molecule has 0 heterocycles. The Morgan fingerprint density at radius 3 is 1.61 bits per heavy atom. The van der Waals surface area contributed by atoms with Gasteiger partial charge in [-0.05, 0) is 114 Å². The SMILES string of the molecule is Cc1cc(-c2ccc(CCCSc3ccc(OCC(=O)O)c(Cl)c3)c(C(F)(F)F)c2)ccc1CCCSc1ccc(OCC(=O)O)c(Cl)c1.